The van der Waals surface area contributed by atoms with Crippen molar-refractivity contribution >= 4 is 5.97 Å². The first-order valence-electron chi connectivity index (χ1n) is 5.15. The monoisotopic (exact) mass is 256 g/mol. The zero-order valence-electron chi connectivity index (χ0n) is 10.7. The van der Waals surface area contributed by atoms with Gasteiger partial charge in [0.1, 0.15) is 0 Å². The number of aliphatic hydroxyl groups excluding tert-OH is 1. The van der Waals surface area contributed by atoms with Crippen LogP contribution in [0.1, 0.15) is 11.7 Å². The van der Waals surface area contributed by atoms with Crippen molar-refractivity contribution < 1.29 is 28.8 Å². The quantitative estimate of drug-likeness (QED) is 0.790. The van der Waals surface area contributed by atoms with E-state index < -0.39 is 12.1 Å². The lowest BCUT2D eigenvalue weighted by molar-refractivity contribution is -0.150. The maximum atomic E-state index is 11.3. The third-order valence-corrected chi connectivity index (χ3v) is 2.45. The van der Waals surface area contributed by atoms with Crippen LogP contribution in [0, 0.1) is 0 Å². The number of esters is 1. The summed E-state index contributed by atoms with van der Waals surface area (Å²) in [5, 5.41) is 9.83. The van der Waals surface area contributed by atoms with Gasteiger partial charge in [0.25, 0.3) is 0 Å². The summed E-state index contributed by atoms with van der Waals surface area (Å²) < 4.78 is 19.9. The van der Waals surface area contributed by atoms with E-state index in [-0.39, 0.29) is 11.3 Å². The van der Waals surface area contributed by atoms with Crippen LogP contribution in [0.25, 0.3) is 0 Å². The molecule has 0 aliphatic carbocycles. The maximum Gasteiger partial charge on any atom is 0.339 e. The molecule has 6 heteroatoms. The fourth-order valence-corrected chi connectivity index (χ4v) is 1.58. The summed E-state index contributed by atoms with van der Waals surface area (Å²) in [6.45, 7) is 0. The van der Waals surface area contributed by atoms with E-state index in [1.54, 1.807) is 6.07 Å². The molecule has 0 aromatic heterocycles. The zero-order chi connectivity index (χ0) is 13.7. The van der Waals surface area contributed by atoms with E-state index in [2.05, 4.69) is 4.74 Å². The van der Waals surface area contributed by atoms with E-state index in [9.17, 15) is 9.90 Å². The first-order valence-corrected chi connectivity index (χ1v) is 5.15. The van der Waals surface area contributed by atoms with Gasteiger partial charge in [0.15, 0.2) is 17.6 Å². The van der Waals surface area contributed by atoms with Crippen molar-refractivity contribution in [1.29, 1.82) is 0 Å². The van der Waals surface area contributed by atoms with Crippen LogP contribution in [0.2, 0.25) is 0 Å². The van der Waals surface area contributed by atoms with Crippen LogP contribution in [0.4, 0.5) is 0 Å². The van der Waals surface area contributed by atoms with Crippen LogP contribution in [-0.2, 0) is 9.53 Å². The highest BCUT2D eigenvalue weighted by Gasteiger charge is 2.26. The van der Waals surface area contributed by atoms with E-state index in [4.69, 9.17) is 14.2 Å². The predicted molar refractivity (Wildman–Crippen MR) is 63.1 cm³/mol. The first kappa shape index (κ1) is 14.1. The lowest BCUT2D eigenvalue weighted by atomic mass is 10.1. The third kappa shape index (κ3) is 2.48. The number of methoxy groups -OCH3 is 4. The average Bonchev–Trinajstić information content (AvgIpc) is 2.43. The molecule has 0 bridgehead atoms. The normalized spacial score (nSPS) is 11.6. The summed E-state index contributed by atoms with van der Waals surface area (Å²) >= 11 is 0. The van der Waals surface area contributed by atoms with E-state index in [1.165, 1.54) is 34.5 Å². The molecule has 0 amide bonds. The van der Waals surface area contributed by atoms with Crippen LogP contribution < -0.4 is 14.2 Å². The fourth-order valence-electron chi connectivity index (χ4n) is 1.58. The first-order chi connectivity index (χ1) is 8.60. The predicted octanol–water partition coefficient (Wildman–Crippen LogP) is 0.919. The van der Waals surface area contributed by atoms with Crippen LogP contribution in [0.5, 0.6) is 17.2 Å². The van der Waals surface area contributed by atoms with E-state index in [0.717, 1.165) is 0 Å². The zero-order valence-corrected chi connectivity index (χ0v) is 10.7. The molecule has 0 spiro atoms. The second-order valence-electron chi connectivity index (χ2n) is 3.35. The van der Waals surface area contributed by atoms with Gasteiger partial charge in [-0.05, 0) is 12.1 Å². The van der Waals surface area contributed by atoms with Crippen LogP contribution >= 0.6 is 0 Å². The van der Waals surface area contributed by atoms with E-state index >= 15 is 0 Å². The number of rotatable bonds is 5. The largest absolute Gasteiger partial charge is 0.493 e. The van der Waals surface area contributed by atoms with Crippen LogP contribution in [0.15, 0.2) is 12.1 Å². The number of carbonyl (C=O) groups excluding carboxylic acids is 1. The van der Waals surface area contributed by atoms with Crippen molar-refractivity contribution in [2.24, 2.45) is 0 Å². The Morgan fingerprint density at radius 2 is 1.67 bits per heavy atom. The maximum absolute atomic E-state index is 11.3. The molecule has 6 nitrogen and oxygen atoms in total. The van der Waals surface area contributed by atoms with Crippen molar-refractivity contribution in [3.8, 4) is 17.2 Å². The number of benzene rings is 1. The van der Waals surface area contributed by atoms with Crippen LogP contribution in [-0.4, -0.2) is 39.5 Å². The van der Waals surface area contributed by atoms with Crippen molar-refractivity contribution in [1.82, 2.24) is 0 Å². The third-order valence-electron chi connectivity index (χ3n) is 2.45. The summed E-state index contributed by atoms with van der Waals surface area (Å²) in [4.78, 5) is 11.3. The summed E-state index contributed by atoms with van der Waals surface area (Å²) in [5.41, 5.74) is 0.252. The molecule has 0 saturated carbocycles. The average molecular weight is 256 g/mol. The molecule has 0 fully saturated rings. The summed E-state index contributed by atoms with van der Waals surface area (Å²) in [7, 11) is 5.52. The SMILES string of the molecule is COC(=O)C(O)c1ccc(OC)c(OC)c1OC. The minimum absolute atomic E-state index is 0.231. The number of carbonyl (C=O) groups is 1. The molecule has 0 aliphatic rings. The van der Waals surface area contributed by atoms with Gasteiger partial charge in [-0.25, -0.2) is 4.79 Å². The summed E-state index contributed by atoms with van der Waals surface area (Å²) in [5.74, 6) is 0.200. The topological polar surface area (TPSA) is 74.2 Å². The molecule has 1 atom stereocenters. The number of aliphatic hydroxyl groups is 1. The molecule has 1 aromatic rings. The molecule has 100 valence electrons. The van der Waals surface area contributed by atoms with Crippen molar-refractivity contribution in [2.45, 2.75) is 6.10 Å². The lowest BCUT2D eigenvalue weighted by Crippen LogP contribution is -2.15. The molecule has 1 rings (SSSR count). The summed E-state index contributed by atoms with van der Waals surface area (Å²) in [6, 6.07) is 3.09. The molecule has 0 saturated heterocycles. The number of hydrogen-bond donors (Lipinski definition) is 1. The molecule has 0 heterocycles. The van der Waals surface area contributed by atoms with Crippen molar-refractivity contribution in [3.05, 3.63) is 17.7 Å². The second-order valence-corrected chi connectivity index (χ2v) is 3.35. The molecule has 18 heavy (non-hydrogen) atoms. The van der Waals surface area contributed by atoms with Gasteiger partial charge in [-0.15, -0.1) is 0 Å². The minimum atomic E-state index is -1.44. The Morgan fingerprint density at radius 3 is 2.11 bits per heavy atom. The highest BCUT2D eigenvalue weighted by molar-refractivity contribution is 5.78. The van der Waals surface area contributed by atoms with Gasteiger partial charge in [-0.1, -0.05) is 0 Å². The van der Waals surface area contributed by atoms with E-state index in [0.29, 0.717) is 11.5 Å². The van der Waals surface area contributed by atoms with Gasteiger partial charge in [0.05, 0.1) is 28.4 Å². The Morgan fingerprint density at radius 1 is 1.06 bits per heavy atom. The van der Waals surface area contributed by atoms with Crippen molar-refractivity contribution in [3.63, 3.8) is 0 Å². The number of ether oxygens (including phenoxy) is 4. The Balaban J connectivity index is 3.33. The second kappa shape index (κ2) is 6.11. The molecule has 0 aliphatic heterocycles. The molecule has 1 aromatic carbocycles. The Bertz CT molecular complexity index is 429. The Hall–Kier alpha value is -1.95. The van der Waals surface area contributed by atoms with Gasteiger partial charge in [0, 0.05) is 5.56 Å². The van der Waals surface area contributed by atoms with Crippen LogP contribution in [0.3, 0.4) is 0 Å². The smallest absolute Gasteiger partial charge is 0.339 e. The Labute approximate surface area is 105 Å². The molecule has 0 radical (unpaired) electrons. The van der Waals surface area contributed by atoms with Gasteiger partial charge < -0.3 is 24.1 Å². The van der Waals surface area contributed by atoms with Crippen molar-refractivity contribution in [2.75, 3.05) is 28.4 Å². The standard InChI is InChI=1S/C12H16O6/c1-15-8-6-5-7(9(13)12(14)18-4)10(16-2)11(8)17-3/h5-6,9,13H,1-4H3. The van der Waals surface area contributed by atoms with Gasteiger partial charge in [-0.2, -0.15) is 0 Å². The lowest BCUT2D eigenvalue weighted by Gasteiger charge is -2.17. The molecular weight excluding hydrogens is 240 g/mol. The Kier molecular flexibility index (Phi) is 4.79. The molecule has 1 N–H and O–H groups in total. The van der Waals surface area contributed by atoms with Gasteiger partial charge >= 0.3 is 5.97 Å². The molecular formula is C12H16O6. The van der Waals surface area contributed by atoms with Gasteiger partial charge in [-0.3, -0.25) is 0 Å². The highest BCUT2D eigenvalue weighted by atomic mass is 16.5. The molecule has 1 unspecified atom stereocenters. The minimum Gasteiger partial charge on any atom is -0.493 e. The van der Waals surface area contributed by atoms with E-state index in [1.807, 2.05) is 0 Å². The fraction of sp³-hybridized carbons (Fsp3) is 0.417. The number of hydrogen-bond acceptors (Lipinski definition) is 6. The van der Waals surface area contributed by atoms with Gasteiger partial charge in [0.2, 0.25) is 5.75 Å². The highest BCUT2D eigenvalue weighted by Crippen LogP contribution is 2.42. The summed E-state index contributed by atoms with van der Waals surface area (Å²) in [6.07, 6.45) is -1.44.